The number of ketones is 1. The number of hydrogen-bond acceptors (Lipinski definition) is 4. The summed E-state index contributed by atoms with van der Waals surface area (Å²) in [5, 5.41) is 11.2. The summed E-state index contributed by atoms with van der Waals surface area (Å²) in [4.78, 5) is 12.9. The highest BCUT2D eigenvalue weighted by atomic mass is 16.5. The van der Waals surface area contributed by atoms with E-state index < -0.39 is 11.0 Å². The van der Waals surface area contributed by atoms with Gasteiger partial charge < -0.3 is 14.6 Å². The molecule has 0 aromatic rings. The van der Waals surface area contributed by atoms with Crippen molar-refractivity contribution in [3.8, 4) is 0 Å². The Bertz CT molecular complexity index is 479. The molecule has 4 heteroatoms. The molecule has 1 saturated carbocycles. The fourth-order valence-electron chi connectivity index (χ4n) is 3.90. The minimum absolute atomic E-state index is 0.0658. The molecular weight excluding hydrogens is 268 g/mol. The van der Waals surface area contributed by atoms with Crippen molar-refractivity contribution in [3.05, 3.63) is 11.5 Å². The fraction of sp³-hybridized carbons (Fsp3) is 0.824. The van der Waals surface area contributed by atoms with E-state index in [1.54, 1.807) is 0 Å². The topological polar surface area (TPSA) is 55.8 Å². The van der Waals surface area contributed by atoms with Crippen molar-refractivity contribution in [3.63, 3.8) is 0 Å². The number of Topliss-reactive ketones (excluding diaryl/α,β-unsaturated/α-hetero) is 1. The summed E-state index contributed by atoms with van der Waals surface area (Å²) in [6.45, 7) is 13.5. The lowest BCUT2D eigenvalue weighted by atomic mass is 9.74. The Hall–Kier alpha value is -1.03. The molecular formula is C17H28O4. The monoisotopic (exact) mass is 296 g/mol. The van der Waals surface area contributed by atoms with Crippen LogP contribution in [0.4, 0.5) is 0 Å². The van der Waals surface area contributed by atoms with Crippen molar-refractivity contribution in [2.45, 2.75) is 72.7 Å². The third-order valence-corrected chi connectivity index (χ3v) is 5.05. The van der Waals surface area contributed by atoms with Crippen LogP contribution in [0.1, 0.15) is 54.9 Å². The van der Waals surface area contributed by atoms with E-state index in [1.165, 1.54) is 0 Å². The fourth-order valence-corrected chi connectivity index (χ4v) is 3.90. The van der Waals surface area contributed by atoms with E-state index in [1.807, 2.05) is 41.5 Å². The number of hydrogen-bond donors (Lipinski definition) is 1. The molecule has 0 spiro atoms. The first-order chi connectivity index (χ1) is 9.55. The molecule has 2 aliphatic carbocycles. The van der Waals surface area contributed by atoms with Gasteiger partial charge in [-0.25, -0.2) is 0 Å². The molecule has 0 aliphatic heterocycles. The van der Waals surface area contributed by atoms with E-state index >= 15 is 0 Å². The largest absolute Gasteiger partial charge is 0.491 e. The van der Waals surface area contributed by atoms with Gasteiger partial charge in [0.05, 0.1) is 17.6 Å². The van der Waals surface area contributed by atoms with Crippen LogP contribution in [0, 0.1) is 17.3 Å². The van der Waals surface area contributed by atoms with Crippen LogP contribution in [0.25, 0.3) is 0 Å². The molecule has 2 rings (SSSR count). The number of aliphatic hydroxyl groups is 1. The number of carbonyl (C=O) groups is 1. The van der Waals surface area contributed by atoms with Gasteiger partial charge >= 0.3 is 0 Å². The molecule has 0 unspecified atom stereocenters. The summed E-state index contributed by atoms with van der Waals surface area (Å²) in [6, 6.07) is 0. The van der Waals surface area contributed by atoms with Crippen molar-refractivity contribution in [1.82, 2.24) is 0 Å². The third-order valence-electron chi connectivity index (χ3n) is 5.05. The molecule has 4 atom stereocenters. The molecule has 1 fully saturated rings. The first-order valence-electron chi connectivity index (χ1n) is 7.91. The summed E-state index contributed by atoms with van der Waals surface area (Å²) in [6.07, 6.45) is 0.529. The van der Waals surface area contributed by atoms with Gasteiger partial charge in [0.1, 0.15) is 5.60 Å². The lowest BCUT2D eigenvalue weighted by Crippen LogP contribution is -2.50. The van der Waals surface area contributed by atoms with Gasteiger partial charge in [0.15, 0.2) is 5.76 Å². The molecule has 4 nitrogen and oxygen atoms in total. The predicted molar refractivity (Wildman–Crippen MR) is 80.5 cm³/mol. The van der Waals surface area contributed by atoms with Crippen LogP contribution >= 0.6 is 0 Å². The number of ether oxygens (including phenoxy) is 2. The zero-order valence-corrected chi connectivity index (χ0v) is 14.2. The Morgan fingerprint density at radius 2 is 1.67 bits per heavy atom. The second-order valence-electron chi connectivity index (χ2n) is 7.39. The maximum absolute atomic E-state index is 12.9. The van der Waals surface area contributed by atoms with Crippen LogP contribution in [0.5, 0.6) is 0 Å². The van der Waals surface area contributed by atoms with E-state index in [0.29, 0.717) is 5.76 Å². The molecule has 1 N–H and O–H groups in total. The third kappa shape index (κ3) is 2.10. The molecule has 0 radical (unpaired) electrons. The number of rotatable bonds is 4. The first kappa shape index (κ1) is 16.3. The van der Waals surface area contributed by atoms with Gasteiger partial charge in [0.25, 0.3) is 0 Å². The molecule has 21 heavy (non-hydrogen) atoms. The van der Waals surface area contributed by atoms with E-state index in [-0.39, 0.29) is 35.6 Å². The highest BCUT2D eigenvalue weighted by Gasteiger charge is 2.71. The van der Waals surface area contributed by atoms with Gasteiger partial charge in [-0.3, -0.25) is 4.79 Å². The minimum atomic E-state index is -1.42. The smallest absolute Gasteiger partial charge is 0.233 e. The first-order valence-corrected chi connectivity index (χ1v) is 7.91. The lowest BCUT2D eigenvalue weighted by Gasteiger charge is -2.35. The molecule has 0 aromatic heterocycles. The van der Waals surface area contributed by atoms with Gasteiger partial charge in [0, 0.05) is 0 Å². The predicted octanol–water partition coefficient (Wildman–Crippen LogP) is 3.04. The SMILES string of the molecule is CC(C)OC1=C(OC(C)C)[C@]2(C)C[C@@H](C)[C@@H](C)[C@@]2(O)C1=O. The molecule has 0 saturated heterocycles. The minimum Gasteiger partial charge on any atom is -0.491 e. The van der Waals surface area contributed by atoms with Crippen molar-refractivity contribution >= 4 is 5.78 Å². The highest BCUT2D eigenvalue weighted by molar-refractivity contribution is 6.05. The van der Waals surface area contributed by atoms with Crippen LogP contribution in [0.2, 0.25) is 0 Å². The van der Waals surface area contributed by atoms with Crippen LogP contribution < -0.4 is 0 Å². The summed E-state index contributed by atoms with van der Waals surface area (Å²) in [5.41, 5.74) is -2.11. The number of carbonyl (C=O) groups excluding carboxylic acids is 1. The lowest BCUT2D eigenvalue weighted by molar-refractivity contribution is -0.147. The zero-order chi connectivity index (χ0) is 16.2. The Labute approximate surface area is 127 Å². The van der Waals surface area contributed by atoms with E-state index in [2.05, 4.69) is 6.92 Å². The van der Waals surface area contributed by atoms with E-state index in [0.717, 1.165) is 6.42 Å². The molecule has 0 heterocycles. The van der Waals surface area contributed by atoms with Crippen molar-refractivity contribution in [2.75, 3.05) is 0 Å². The average molecular weight is 296 g/mol. The van der Waals surface area contributed by atoms with E-state index in [4.69, 9.17) is 9.47 Å². The van der Waals surface area contributed by atoms with Crippen molar-refractivity contribution in [2.24, 2.45) is 17.3 Å². The summed E-state index contributed by atoms with van der Waals surface area (Å²) in [5.74, 6) is 0.591. The van der Waals surface area contributed by atoms with Crippen molar-refractivity contribution in [1.29, 1.82) is 0 Å². The van der Waals surface area contributed by atoms with Gasteiger partial charge in [0.2, 0.25) is 11.5 Å². The quantitative estimate of drug-likeness (QED) is 0.866. The average Bonchev–Trinajstić information content (AvgIpc) is 2.62. The number of fused-ring (bicyclic) bond motifs is 1. The molecule has 0 amide bonds. The Morgan fingerprint density at radius 1 is 1.14 bits per heavy atom. The summed E-state index contributed by atoms with van der Waals surface area (Å²) >= 11 is 0. The molecule has 0 bridgehead atoms. The Kier molecular flexibility index (Phi) is 3.90. The van der Waals surface area contributed by atoms with Crippen LogP contribution in [0.15, 0.2) is 11.5 Å². The van der Waals surface area contributed by atoms with Gasteiger partial charge in [-0.15, -0.1) is 0 Å². The Balaban J connectivity index is 2.56. The van der Waals surface area contributed by atoms with Gasteiger partial charge in [-0.05, 0) is 52.9 Å². The molecule has 2 aliphatic rings. The van der Waals surface area contributed by atoms with Crippen molar-refractivity contribution < 1.29 is 19.4 Å². The van der Waals surface area contributed by atoms with E-state index in [9.17, 15) is 9.90 Å². The maximum Gasteiger partial charge on any atom is 0.233 e. The summed E-state index contributed by atoms with van der Waals surface area (Å²) in [7, 11) is 0. The van der Waals surface area contributed by atoms with Gasteiger partial charge in [-0.1, -0.05) is 13.8 Å². The second-order valence-corrected chi connectivity index (χ2v) is 7.39. The van der Waals surface area contributed by atoms with Crippen LogP contribution in [-0.4, -0.2) is 28.7 Å². The second kappa shape index (κ2) is 5.01. The van der Waals surface area contributed by atoms with Crippen LogP contribution in [0.3, 0.4) is 0 Å². The normalized spacial score (nSPS) is 39.4. The zero-order valence-electron chi connectivity index (χ0n) is 14.2. The summed E-state index contributed by atoms with van der Waals surface area (Å²) < 4.78 is 11.7. The Morgan fingerprint density at radius 3 is 2.14 bits per heavy atom. The van der Waals surface area contributed by atoms with Crippen LogP contribution in [-0.2, 0) is 14.3 Å². The standard InChI is InChI=1S/C17H28O4/c1-9(2)20-13-14(18)17(19)12(6)11(5)8-16(17,7)15(13)21-10(3)4/h9-12,19H,8H2,1-7H3/t11-,12-,16+,17-/m1/s1. The van der Waals surface area contributed by atoms with Gasteiger partial charge in [-0.2, -0.15) is 0 Å². The maximum atomic E-state index is 12.9. The molecule has 0 aromatic carbocycles. The highest BCUT2D eigenvalue weighted by Crippen LogP contribution is 2.62. The molecule has 120 valence electrons.